The van der Waals surface area contributed by atoms with E-state index in [4.69, 9.17) is 27.9 Å². The molecule has 7 nitrogen and oxygen atoms in total. The Morgan fingerprint density at radius 1 is 1.12 bits per heavy atom. The van der Waals surface area contributed by atoms with E-state index in [9.17, 15) is 14.7 Å². The number of methoxy groups -OCH3 is 1. The summed E-state index contributed by atoms with van der Waals surface area (Å²) in [7, 11) is 1.42. The first-order valence-corrected chi connectivity index (χ1v) is 11.4. The Bertz CT molecular complexity index is 927. The average Bonchev–Trinajstić information content (AvgIpc) is 2.80. The number of carbonyl (C=O) groups excluding carboxylic acids is 2. The maximum atomic E-state index is 13.3. The number of rotatable bonds is 7. The van der Waals surface area contributed by atoms with Crippen LogP contribution in [0.5, 0.6) is 0 Å². The van der Waals surface area contributed by atoms with Gasteiger partial charge in [-0.1, -0.05) is 35.3 Å². The van der Waals surface area contributed by atoms with E-state index < -0.39 is 11.9 Å². The Morgan fingerprint density at radius 2 is 1.72 bits per heavy atom. The lowest BCUT2D eigenvalue weighted by Crippen LogP contribution is -2.41. The number of hydrogen-bond acceptors (Lipinski definition) is 6. The lowest BCUT2D eigenvalue weighted by Gasteiger charge is -2.30. The molecule has 1 atom stereocenters. The Balaban J connectivity index is 1.76. The zero-order valence-corrected chi connectivity index (χ0v) is 19.6. The fraction of sp³-hybridized carbons (Fsp3) is 0.478. The highest BCUT2D eigenvalue weighted by Gasteiger charge is 2.29. The summed E-state index contributed by atoms with van der Waals surface area (Å²) in [6, 6.07) is 7.25. The molecule has 1 N–H and O–H groups in total. The third-order valence-corrected chi connectivity index (χ3v) is 6.64. The topological polar surface area (TPSA) is 92.6 Å². The van der Waals surface area contributed by atoms with Crippen molar-refractivity contribution in [3.8, 4) is 0 Å². The fourth-order valence-corrected chi connectivity index (χ4v) is 4.70. The molecule has 0 saturated heterocycles. The van der Waals surface area contributed by atoms with Crippen LogP contribution in [0.15, 0.2) is 30.6 Å². The molecule has 1 aromatic heterocycles. The first kappa shape index (κ1) is 24.4. The van der Waals surface area contributed by atoms with Crippen molar-refractivity contribution in [2.45, 2.75) is 51.0 Å². The van der Waals surface area contributed by atoms with Crippen LogP contribution in [-0.4, -0.2) is 46.7 Å². The second-order valence-corrected chi connectivity index (χ2v) is 8.84. The summed E-state index contributed by atoms with van der Waals surface area (Å²) in [6.45, 7) is 1.50. The number of aromatic nitrogens is 2. The second kappa shape index (κ2) is 11.1. The first-order chi connectivity index (χ1) is 15.3. The largest absolute Gasteiger partial charge is 0.469 e. The van der Waals surface area contributed by atoms with Crippen molar-refractivity contribution >= 4 is 40.8 Å². The van der Waals surface area contributed by atoms with E-state index in [0.29, 0.717) is 23.9 Å². The Hall–Kier alpha value is -2.22. The van der Waals surface area contributed by atoms with Crippen LogP contribution in [0.3, 0.4) is 0 Å². The predicted octanol–water partition coefficient (Wildman–Crippen LogP) is 4.65. The summed E-state index contributed by atoms with van der Waals surface area (Å²) >= 11 is 12.2. The highest BCUT2D eigenvalue weighted by molar-refractivity contribution is 6.39. The smallest absolute Gasteiger partial charge is 0.305 e. The van der Waals surface area contributed by atoms with Gasteiger partial charge in [-0.15, -0.1) is 0 Å². The summed E-state index contributed by atoms with van der Waals surface area (Å²) in [5.74, 6) is 0.158. The molecule has 2 aromatic rings. The van der Waals surface area contributed by atoms with Crippen LogP contribution < -0.4 is 4.90 Å². The Labute approximate surface area is 197 Å². The molecule has 1 amide bonds. The second-order valence-electron chi connectivity index (χ2n) is 8.13. The molecule has 9 heteroatoms. The number of esters is 1. The van der Waals surface area contributed by atoms with Crippen molar-refractivity contribution in [1.82, 2.24) is 9.97 Å². The van der Waals surface area contributed by atoms with Gasteiger partial charge in [-0.25, -0.2) is 9.97 Å². The standard InChI is InChI=1S/C23H27Cl2N3O4/c1-14(12-29)28(23(31)20-21(24)26-13-27-22(20)25)18-9-7-17(8-10-18)16-5-3-15(4-6-16)11-19(30)32-2/h7-10,13-16,29H,3-6,11-12H2,1-2H3/t14-,15?,16?/m0/s1. The number of aliphatic hydroxyl groups is 1. The minimum absolute atomic E-state index is 0.00383. The van der Waals surface area contributed by atoms with Crippen LogP contribution in [-0.2, 0) is 9.53 Å². The molecule has 0 bridgehead atoms. The number of nitrogens with zero attached hydrogens (tertiary/aromatic N) is 3. The minimum atomic E-state index is -0.505. The summed E-state index contributed by atoms with van der Waals surface area (Å²) in [4.78, 5) is 33.9. The predicted molar refractivity (Wildman–Crippen MR) is 123 cm³/mol. The molecule has 0 radical (unpaired) electrons. The number of halogens is 2. The third-order valence-electron chi connectivity index (χ3n) is 6.06. The van der Waals surface area contributed by atoms with Crippen LogP contribution in [0.25, 0.3) is 0 Å². The molecule has 1 fully saturated rings. The molecule has 1 heterocycles. The monoisotopic (exact) mass is 479 g/mol. The van der Waals surface area contributed by atoms with Crippen LogP contribution >= 0.6 is 23.2 Å². The Kier molecular flexibility index (Phi) is 8.45. The SMILES string of the molecule is COC(=O)CC1CCC(c2ccc(N(C(=O)c3c(Cl)ncnc3Cl)[C@@H](C)CO)cc2)CC1. The number of aliphatic hydroxyl groups excluding tert-OH is 1. The van der Waals surface area contributed by atoms with E-state index >= 15 is 0 Å². The molecule has 1 saturated carbocycles. The van der Waals surface area contributed by atoms with Crippen molar-refractivity contribution in [2.24, 2.45) is 5.92 Å². The summed E-state index contributed by atoms with van der Waals surface area (Å²) in [5.41, 5.74) is 1.81. The molecule has 32 heavy (non-hydrogen) atoms. The van der Waals surface area contributed by atoms with Gasteiger partial charge in [0.2, 0.25) is 0 Å². The molecule has 1 aliphatic rings. The lowest BCUT2D eigenvalue weighted by molar-refractivity contribution is -0.142. The minimum Gasteiger partial charge on any atom is -0.469 e. The van der Waals surface area contributed by atoms with Gasteiger partial charge in [0, 0.05) is 12.1 Å². The number of benzene rings is 1. The molecule has 0 unspecified atom stereocenters. The summed E-state index contributed by atoms with van der Waals surface area (Å²) in [5, 5.41) is 9.67. The van der Waals surface area contributed by atoms with Crippen molar-refractivity contribution in [3.63, 3.8) is 0 Å². The fourth-order valence-electron chi connectivity index (χ4n) is 4.22. The van der Waals surface area contributed by atoms with E-state index in [1.807, 2.05) is 24.3 Å². The van der Waals surface area contributed by atoms with Gasteiger partial charge in [-0.05, 0) is 62.1 Å². The normalized spacial score (nSPS) is 19.3. The van der Waals surface area contributed by atoms with E-state index in [0.717, 1.165) is 25.7 Å². The van der Waals surface area contributed by atoms with Gasteiger partial charge < -0.3 is 14.7 Å². The van der Waals surface area contributed by atoms with Gasteiger partial charge in [-0.2, -0.15) is 0 Å². The average molecular weight is 480 g/mol. The van der Waals surface area contributed by atoms with E-state index in [1.165, 1.54) is 23.9 Å². The van der Waals surface area contributed by atoms with Gasteiger partial charge in [0.25, 0.3) is 5.91 Å². The number of anilines is 1. The molecule has 0 aliphatic heterocycles. The molecular weight excluding hydrogens is 453 g/mol. The number of hydrogen-bond donors (Lipinski definition) is 1. The van der Waals surface area contributed by atoms with Crippen molar-refractivity contribution in [2.75, 3.05) is 18.6 Å². The van der Waals surface area contributed by atoms with Gasteiger partial charge in [-0.3, -0.25) is 9.59 Å². The molecule has 172 valence electrons. The zero-order chi connectivity index (χ0) is 23.3. The molecular formula is C23H27Cl2N3O4. The van der Waals surface area contributed by atoms with Crippen molar-refractivity contribution in [1.29, 1.82) is 0 Å². The lowest BCUT2D eigenvalue weighted by atomic mass is 9.77. The number of ether oxygens (including phenoxy) is 1. The molecule has 1 aliphatic carbocycles. The summed E-state index contributed by atoms with van der Waals surface area (Å²) in [6.07, 6.45) is 5.65. The first-order valence-electron chi connectivity index (χ1n) is 10.6. The Morgan fingerprint density at radius 3 is 2.25 bits per heavy atom. The van der Waals surface area contributed by atoms with Crippen molar-refractivity contribution in [3.05, 3.63) is 52.0 Å². The van der Waals surface area contributed by atoms with Crippen LogP contribution in [0.2, 0.25) is 10.3 Å². The number of carbonyl (C=O) groups is 2. The van der Waals surface area contributed by atoms with Crippen LogP contribution in [0.4, 0.5) is 5.69 Å². The third kappa shape index (κ3) is 5.57. The van der Waals surface area contributed by atoms with Crippen LogP contribution in [0.1, 0.15) is 60.9 Å². The van der Waals surface area contributed by atoms with Gasteiger partial charge in [0.15, 0.2) is 0 Å². The highest BCUT2D eigenvalue weighted by Crippen LogP contribution is 2.38. The van der Waals surface area contributed by atoms with Gasteiger partial charge in [0.1, 0.15) is 22.2 Å². The molecule has 1 aromatic carbocycles. The molecule has 0 spiro atoms. The van der Waals surface area contributed by atoms with E-state index in [1.54, 1.807) is 6.92 Å². The van der Waals surface area contributed by atoms with E-state index in [2.05, 4.69) is 9.97 Å². The van der Waals surface area contributed by atoms with E-state index in [-0.39, 0.29) is 28.4 Å². The quantitative estimate of drug-likeness (QED) is 0.458. The van der Waals surface area contributed by atoms with Crippen LogP contribution in [0, 0.1) is 5.92 Å². The zero-order valence-electron chi connectivity index (χ0n) is 18.1. The summed E-state index contributed by atoms with van der Waals surface area (Å²) < 4.78 is 4.78. The highest BCUT2D eigenvalue weighted by atomic mass is 35.5. The van der Waals surface area contributed by atoms with Gasteiger partial charge in [0.05, 0.1) is 19.8 Å². The maximum absolute atomic E-state index is 13.3. The van der Waals surface area contributed by atoms with Gasteiger partial charge >= 0.3 is 5.97 Å². The maximum Gasteiger partial charge on any atom is 0.305 e. The molecule has 3 rings (SSSR count). The van der Waals surface area contributed by atoms with Crippen molar-refractivity contribution < 1.29 is 19.4 Å². The number of amides is 1.